The van der Waals surface area contributed by atoms with Crippen LogP contribution in [0.15, 0.2) is 36.3 Å². The third kappa shape index (κ3) is 2.07. The summed E-state index contributed by atoms with van der Waals surface area (Å²) in [6.45, 7) is 0.685. The van der Waals surface area contributed by atoms with E-state index in [0.29, 0.717) is 6.54 Å². The molecule has 2 N–H and O–H groups in total. The zero-order chi connectivity index (χ0) is 7.23. The second-order valence-electron chi connectivity index (χ2n) is 2.05. The zero-order valence-electron chi connectivity index (χ0n) is 5.79. The van der Waals surface area contributed by atoms with E-state index >= 15 is 0 Å². The Morgan fingerprint density at radius 1 is 1.40 bits per heavy atom. The highest BCUT2D eigenvalue weighted by Crippen LogP contribution is 2.05. The van der Waals surface area contributed by atoms with Crippen molar-refractivity contribution in [3.05, 3.63) is 36.3 Å². The number of nitrogens with two attached hydrogens (primary N) is 1. The lowest BCUT2D eigenvalue weighted by atomic mass is 10.2. The Balaban J connectivity index is 2.55. The van der Waals surface area contributed by atoms with Gasteiger partial charge < -0.3 is 10.5 Å². The van der Waals surface area contributed by atoms with Crippen molar-refractivity contribution in [2.75, 3.05) is 6.54 Å². The average Bonchev–Trinajstić information content (AvgIpc) is 2.17. The lowest BCUT2D eigenvalue weighted by molar-refractivity contribution is 0.403. The van der Waals surface area contributed by atoms with Crippen LogP contribution in [0, 0.1) is 0 Å². The third-order valence-electron chi connectivity index (χ3n) is 1.26. The van der Waals surface area contributed by atoms with Crippen molar-refractivity contribution in [3.8, 4) is 0 Å². The lowest BCUT2D eigenvalue weighted by Crippen LogP contribution is -1.98. The van der Waals surface area contributed by atoms with Gasteiger partial charge in [-0.25, -0.2) is 0 Å². The molecule has 2 nitrogen and oxygen atoms in total. The summed E-state index contributed by atoms with van der Waals surface area (Å²) in [5.41, 5.74) is 6.58. The standard InChI is InChI=1S/C8H11NO/c9-5-3-8-2-1-6-10-7-4-8/h1-2,4,6-7H,3,5,9H2. The SMILES string of the molecule is NCCC1=CC=COC=C1. The van der Waals surface area contributed by atoms with Gasteiger partial charge in [0.2, 0.25) is 0 Å². The Labute approximate surface area is 60.7 Å². The summed E-state index contributed by atoms with van der Waals surface area (Å²) in [6.07, 6.45) is 9.99. The number of ether oxygens (including phenoxy) is 1. The van der Waals surface area contributed by atoms with E-state index in [1.165, 1.54) is 5.57 Å². The van der Waals surface area contributed by atoms with Gasteiger partial charge in [0.15, 0.2) is 0 Å². The molecule has 1 aliphatic rings. The maximum Gasteiger partial charge on any atom is 0.0904 e. The van der Waals surface area contributed by atoms with Crippen molar-refractivity contribution in [2.24, 2.45) is 5.73 Å². The molecule has 0 aliphatic carbocycles. The molecule has 0 unspecified atom stereocenters. The van der Waals surface area contributed by atoms with E-state index in [1.54, 1.807) is 12.5 Å². The van der Waals surface area contributed by atoms with Gasteiger partial charge in [-0.2, -0.15) is 0 Å². The monoisotopic (exact) mass is 137 g/mol. The van der Waals surface area contributed by atoms with Crippen LogP contribution in [0.2, 0.25) is 0 Å². The van der Waals surface area contributed by atoms with E-state index in [-0.39, 0.29) is 0 Å². The first kappa shape index (κ1) is 7.09. The molecule has 0 aromatic heterocycles. The topological polar surface area (TPSA) is 35.2 Å². The molecule has 0 radical (unpaired) electrons. The first-order chi connectivity index (χ1) is 4.93. The fourth-order valence-corrected chi connectivity index (χ4v) is 0.769. The highest BCUT2D eigenvalue weighted by molar-refractivity contribution is 5.24. The Hall–Kier alpha value is -1.02. The van der Waals surface area contributed by atoms with E-state index in [1.807, 2.05) is 18.2 Å². The molecule has 0 aromatic carbocycles. The van der Waals surface area contributed by atoms with Crippen LogP contribution >= 0.6 is 0 Å². The maximum absolute atomic E-state index is 5.37. The fraction of sp³-hybridized carbons (Fsp3) is 0.250. The molecule has 0 saturated carbocycles. The number of hydrogen-bond donors (Lipinski definition) is 1. The predicted molar refractivity (Wildman–Crippen MR) is 41.1 cm³/mol. The van der Waals surface area contributed by atoms with Crippen LogP contribution in [0.1, 0.15) is 6.42 Å². The van der Waals surface area contributed by atoms with Crippen LogP contribution in [-0.4, -0.2) is 6.54 Å². The minimum Gasteiger partial charge on any atom is -0.473 e. The van der Waals surface area contributed by atoms with Gasteiger partial charge in [-0.05, 0) is 30.7 Å². The molecule has 0 saturated heterocycles. The predicted octanol–water partition coefficient (Wildman–Crippen LogP) is 1.32. The fourth-order valence-electron chi connectivity index (χ4n) is 0.769. The van der Waals surface area contributed by atoms with E-state index in [9.17, 15) is 0 Å². The summed E-state index contributed by atoms with van der Waals surface area (Å²) in [6, 6.07) is 0. The molecule has 0 amide bonds. The minimum atomic E-state index is 0.685. The van der Waals surface area contributed by atoms with Gasteiger partial charge in [0.25, 0.3) is 0 Å². The Morgan fingerprint density at radius 3 is 3.10 bits per heavy atom. The zero-order valence-corrected chi connectivity index (χ0v) is 5.79. The van der Waals surface area contributed by atoms with E-state index in [4.69, 9.17) is 10.5 Å². The van der Waals surface area contributed by atoms with Crippen molar-refractivity contribution in [1.29, 1.82) is 0 Å². The molecule has 10 heavy (non-hydrogen) atoms. The van der Waals surface area contributed by atoms with Crippen LogP contribution < -0.4 is 5.73 Å². The van der Waals surface area contributed by atoms with Crippen LogP contribution in [0.25, 0.3) is 0 Å². The second-order valence-corrected chi connectivity index (χ2v) is 2.05. The molecular formula is C8H11NO. The molecule has 0 aromatic rings. The van der Waals surface area contributed by atoms with Crippen molar-refractivity contribution in [1.82, 2.24) is 0 Å². The number of rotatable bonds is 2. The van der Waals surface area contributed by atoms with Crippen LogP contribution in [0.4, 0.5) is 0 Å². The van der Waals surface area contributed by atoms with Gasteiger partial charge in [0, 0.05) is 0 Å². The van der Waals surface area contributed by atoms with Gasteiger partial charge in [-0.1, -0.05) is 6.08 Å². The number of hydrogen-bond acceptors (Lipinski definition) is 2. The van der Waals surface area contributed by atoms with Gasteiger partial charge in [-0.15, -0.1) is 0 Å². The molecule has 0 bridgehead atoms. The lowest BCUT2D eigenvalue weighted by Gasteiger charge is -1.93. The largest absolute Gasteiger partial charge is 0.473 e. The minimum absolute atomic E-state index is 0.685. The Kier molecular flexibility index (Phi) is 2.77. The van der Waals surface area contributed by atoms with Gasteiger partial charge in [-0.3, -0.25) is 0 Å². The smallest absolute Gasteiger partial charge is 0.0904 e. The van der Waals surface area contributed by atoms with Crippen LogP contribution in [0.3, 0.4) is 0 Å². The molecule has 0 atom stereocenters. The Morgan fingerprint density at radius 2 is 2.30 bits per heavy atom. The summed E-state index contributed by atoms with van der Waals surface area (Å²) in [7, 11) is 0. The molecule has 1 heterocycles. The molecule has 0 fully saturated rings. The van der Waals surface area contributed by atoms with Crippen molar-refractivity contribution >= 4 is 0 Å². The molecular weight excluding hydrogens is 126 g/mol. The Bertz CT molecular complexity index is 180. The summed E-state index contributed by atoms with van der Waals surface area (Å²) in [5.74, 6) is 0. The second kappa shape index (κ2) is 3.90. The van der Waals surface area contributed by atoms with Gasteiger partial charge in [0.1, 0.15) is 0 Å². The number of allylic oxidation sites excluding steroid dienone is 3. The quantitative estimate of drug-likeness (QED) is 0.623. The summed E-state index contributed by atoms with van der Waals surface area (Å²) in [4.78, 5) is 0. The average molecular weight is 137 g/mol. The van der Waals surface area contributed by atoms with E-state index < -0.39 is 0 Å². The van der Waals surface area contributed by atoms with E-state index in [0.717, 1.165) is 6.42 Å². The van der Waals surface area contributed by atoms with Crippen molar-refractivity contribution in [3.63, 3.8) is 0 Å². The molecule has 2 heteroatoms. The van der Waals surface area contributed by atoms with Crippen molar-refractivity contribution in [2.45, 2.75) is 6.42 Å². The molecule has 0 spiro atoms. The molecule has 1 aliphatic heterocycles. The highest BCUT2D eigenvalue weighted by atomic mass is 16.5. The van der Waals surface area contributed by atoms with Gasteiger partial charge in [0.05, 0.1) is 12.5 Å². The summed E-state index contributed by atoms with van der Waals surface area (Å²) in [5, 5.41) is 0. The molecule has 54 valence electrons. The van der Waals surface area contributed by atoms with E-state index in [2.05, 4.69) is 0 Å². The first-order valence-electron chi connectivity index (χ1n) is 3.31. The third-order valence-corrected chi connectivity index (χ3v) is 1.26. The van der Waals surface area contributed by atoms with Crippen LogP contribution in [0.5, 0.6) is 0 Å². The normalized spacial score (nSPS) is 15.9. The first-order valence-corrected chi connectivity index (χ1v) is 3.31. The van der Waals surface area contributed by atoms with Crippen LogP contribution in [-0.2, 0) is 4.74 Å². The van der Waals surface area contributed by atoms with Crippen molar-refractivity contribution < 1.29 is 4.74 Å². The summed E-state index contributed by atoms with van der Waals surface area (Å²) >= 11 is 0. The highest BCUT2D eigenvalue weighted by Gasteiger charge is 1.90. The van der Waals surface area contributed by atoms with Gasteiger partial charge >= 0.3 is 0 Å². The summed E-state index contributed by atoms with van der Waals surface area (Å²) < 4.78 is 4.92. The molecule has 1 rings (SSSR count). The maximum atomic E-state index is 5.37.